The summed E-state index contributed by atoms with van der Waals surface area (Å²) in [7, 11) is 0. The zero-order valence-corrected chi connectivity index (χ0v) is 15.5. The number of aryl methyl sites for hydroxylation is 2. The summed E-state index contributed by atoms with van der Waals surface area (Å²) in [4.78, 5) is 16.3. The molecule has 0 saturated heterocycles. The Hall–Kier alpha value is -2.25. The summed E-state index contributed by atoms with van der Waals surface area (Å²) >= 11 is 0. The van der Waals surface area contributed by atoms with Gasteiger partial charge in [-0.1, -0.05) is 24.2 Å². The van der Waals surface area contributed by atoms with Crippen LogP contribution < -0.4 is 5.32 Å². The third-order valence-electron chi connectivity index (χ3n) is 3.68. The van der Waals surface area contributed by atoms with E-state index in [-0.39, 0.29) is 5.91 Å². The lowest BCUT2D eigenvalue weighted by Crippen LogP contribution is -2.12. The van der Waals surface area contributed by atoms with Gasteiger partial charge in [0.15, 0.2) is 5.82 Å². The van der Waals surface area contributed by atoms with E-state index in [1.165, 1.54) is 0 Å². The zero-order valence-electron chi connectivity index (χ0n) is 15.5. The highest BCUT2D eigenvalue weighted by Crippen LogP contribution is 2.13. The molecule has 2 aromatic rings. The van der Waals surface area contributed by atoms with Crippen molar-refractivity contribution in [3.8, 4) is 0 Å². The van der Waals surface area contributed by atoms with Crippen molar-refractivity contribution in [2.75, 3.05) is 25.1 Å². The fourth-order valence-corrected chi connectivity index (χ4v) is 2.35. The average Bonchev–Trinajstić information content (AvgIpc) is 3.10. The van der Waals surface area contributed by atoms with Crippen molar-refractivity contribution >= 4 is 11.6 Å². The molecule has 142 valence electrons. The molecule has 0 bridgehead atoms. The minimum atomic E-state index is -0.0327. The highest BCUT2D eigenvalue weighted by molar-refractivity contribution is 5.90. The maximum atomic E-state index is 12.1. The number of benzene rings is 1. The Morgan fingerprint density at radius 2 is 2.08 bits per heavy atom. The Morgan fingerprint density at radius 3 is 2.85 bits per heavy atom. The van der Waals surface area contributed by atoms with Crippen molar-refractivity contribution in [2.45, 2.75) is 46.1 Å². The van der Waals surface area contributed by atoms with Gasteiger partial charge in [-0.2, -0.15) is 4.98 Å². The van der Waals surface area contributed by atoms with Gasteiger partial charge in [0.25, 0.3) is 0 Å². The summed E-state index contributed by atoms with van der Waals surface area (Å²) in [6.07, 6.45) is 2.42. The van der Waals surface area contributed by atoms with E-state index < -0.39 is 0 Å². The van der Waals surface area contributed by atoms with E-state index in [0.29, 0.717) is 57.4 Å². The van der Waals surface area contributed by atoms with Crippen molar-refractivity contribution in [3.05, 3.63) is 41.5 Å². The molecule has 7 heteroatoms. The number of carbonyl (C=O) groups excluding carboxylic acids is 1. The van der Waals surface area contributed by atoms with E-state index in [2.05, 4.69) is 15.5 Å². The molecule has 0 unspecified atom stereocenters. The Balaban J connectivity index is 1.69. The minimum absolute atomic E-state index is 0.0327. The van der Waals surface area contributed by atoms with Crippen molar-refractivity contribution in [1.82, 2.24) is 10.1 Å². The Labute approximate surface area is 154 Å². The number of ether oxygens (including phenoxy) is 2. The summed E-state index contributed by atoms with van der Waals surface area (Å²) in [5.74, 6) is 1.25. The number of hydrogen-bond acceptors (Lipinski definition) is 6. The Kier molecular flexibility index (Phi) is 8.78. The van der Waals surface area contributed by atoms with Gasteiger partial charge in [0.05, 0.1) is 19.8 Å². The largest absolute Gasteiger partial charge is 0.379 e. The smallest absolute Gasteiger partial charge is 0.226 e. The van der Waals surface area contributed by atoms with Gasteiger partial charge in [-0.25, -0.2) is 0 Å². The second-order valence-electron chi connectivity index (χ2n) is 5.81. The normalized spacial score (nSPS) is 10.8. The minimum Gasteiger partial charge on any atom is -0.379 e. The maximum absolute atomic E-state index is 12.1. The Morgan fingerprint density at radius 1 is 1.23 bits per heavy atom. The summed E-state index contributed by atoms with van der Waals surface area (Å²) in [5, 5.41) is 6.75. The van der Waals surface area contributed by atoms with Gasteiger partial charge in [0.2, 0.25) is 11.8 Å². The molecule has 0 saturated carbocycles. The monoisotopic (exact) mass is 361 g/mol. The van der Waals surface area contributed by atoms with Gasteiger partial charge in [0, 0.05) is 31.6 Å². The molecule has 1 aromatic carbocycles. The van der Waals surface area contributed by atoms with Crippen molar-refractivity contribution < 1.29 is 18.8 Å². The first kappa shape index (κ1) is 20.1. The average molecular weight is 361 g/mol. The van der Waals surface area contributed by atoms with Crippen LogP contribution in [0.1, 0.15) is 44.0 Å². The van der Waals surface area contributed by atoms with Gasteiger partial charge in [-0.15, -0.1) is 0 Å². The topological polar surface area (TPSA) is 86.5 Å². The molecule has 1 heterocycles. The van der Waals surface area contributed by atoms with Crippen LogP contribution in [-0.4, -0.2) is 35.9 Å². The first-order valence-electron chi connectivity index (χ1n) is 9.07. The lowest BCUT2D eigenvalue weighted by Gasteiger charge is -2.08. The zero-order chi connectivity index (χ0) is 18.6. The molecule has 1 aromatic heterocycles. The van der Waals surface area contributed by atoms with Gasteiger partial charge < -0.3 is 19.3 Å². The molecule has 7 nitrogen and oxygen atoms in total. The number of nitrogens with zero attached hydrogens (tertiary/aromatic N) is 2. The van der Waals surface area contributed by atoms with Crippen LogP contribution in [0.3, 0.4) is 0 Å². The fourth-order valence-electron chi connectivity index (χ4n) is 2.35. The van der Waals surface area contributed by atoms with E-state index in [9.17, 15) is 4.79 Å². The highest BCUT2D eigenvalue weighted by Gasteiger charge is 2.07. The maximum Gasteiger partial charge on any atom is 0.226 e. The quantitative estimate of drug-likeness (QED) is 0.585. The van der Waals surface area contributed by atoms with E-state index in [1.54, 1.807) is 0 Å². The molecule has 0 aliphatic rings. The molecule has 1 N–H and O–H groups in total. The van der Waals surface area contributed by atoms with E-state index in [1.807, 2.05) is 38.1 Å². The number of nitrogens with one attached hydrogen (secondary N) is 1. The first-order chi connectivity index (χ1) is 12.7. The number of hydrogen-bond donors (Lipinski definition) is 1. The standard InChI is InChI=1S/C19H27N3O4/c1-3-17-21-19(26-22-17)10-6-9-18(23)20-16-8-5-7-15(13-16)14-25-12-11-24-4-2/h5,7-8,13H,3-4,6,9-12,14H2,1-2H3,(H,20,23). The van der Waals surface area contributed by atoms with Gasteiger partial charge in [-0.05, 0) is 31.0 Å². The molecule has 26 heavy (non-hydrogen) atoms. The predicted molar refractivity (Wildman–Crippen MR) is 97.8 cm³/mol. The summed E-state index contributed by atoms with van der Waals surface area (Å²) in [6, 6.07) is 7.66. The van der Waals surface area contributed by atoms with Crippen molar-refractivity contribution in [3.63, 3.8) is 0 Å². The van der Waals surface area contributed by atoms with Gasteiger partial charge in [0.1, 0.15) is 0 Å². The van der Waals surface area contributed by atoms with Crippen LogP contribution in [0.15, 0.2) is 28.8 Å². The molecule has 0 atom stereocenters. The molecule has 0 aliphatic heterocycles. The molecule has 0 fully saturated rings. The summed E-state index contributed by atoms with van der Waals surface area (Å²) in [6.45, 7) is 6.26. The lowest BCUT2D eigenvalue weighted by atomic mass is 10.2. The third kappa shape index (κ3) is 7.33. The SMILES string of the molecule is CCOCCOCc1cccc(NC(=O)CCCc2nc(CC)no2)c1. The summed E-state index contributed by atoms with van der Waals surface area (Å²) in [5.41, 5.74) is 1.78. The number of carbonyl (C=O) groups is 1. The third-order valence-corrected chi connectivity index (χ3v) is 3.68. The van der Waals surface area contributed by atoms with Crippen LogP contribution in [0.4, 0.5) is 5.69 Å². The van der Waals surface area contributed by atoms with Gasteiger partial charge >= 0.3 is 0 Å². The van der Waals surface area contributed by atoms with E-state index >= 15 is 0 Å². The van der Waals surface area contributed by atoms with Gasteiger partial charge in [-0.3, -0.25) is 4.79 Å². The van der Waals surface area contributed by atoms with Crippen LogP contribution in [0.25, 0.3) is 0 Å². The molecule has 0 spiro atoms. The molecular formula is C19H27N3O4. The number of anilines is 1. The molecular weight excluding hydrogens is 334 g/mol. The number of rotatable bonds is 12. The number of amides is 1. The summed E-state index contributed by atoms with van der Waals surface area (Å²) < 4.78 is 15.9. The Bertz CT molecular complexity index is 672. The van der Waals surface area contributed by atoms with Crippen LogP contribution in [0.5, 0.6) is 0 Å². The molecule has 1 amide bonds. The fraction of sp³-hybridized carbons (Fsp3) is 0.526. The molecule has 0 aliphatic carbocycles. The van der Waals surface area contributed by atoms with Crippen LogP contribution in [0.2, 0.25) is 0 Å². The molecule has 2 rings (SSSR count). The second kappa shape index (κ2) is 11.4. The lowest BCUT2D eigenvalue weighted by molar-refractivity contribution is -0.116. The molecule has 0 radical (unpaired) electrons. The van der Waals surface area contributed by atoms with Crippen LogP contribution in [-0.2, 0) is 33.7 Å². The predicted octanol–water partition coefficient (Wildman–Crippen LogP) is 3.15. The van der Waals surface area contributed by atoms with Crippen LogP contribution in [0, 0.1) is 0 Å². The first-order valence-corrected chi connectivity index (χ1v) is 9.07. The number of aromatic nitrogens is 2. The van der Waals surface area contributed by atoms with E-state index in [4.69, 9.17) is 14.0 Å². The second-order valence-corrected chi connectivity index (χ2v) is 5.81. The highest BCUT2D eigenvalue weighted by atomic mass is 16.5. The van der Waals surface area contributed by atoms with Crippen LogP contribution >= 0.6 is 0 Å². The van der Waals surface area contributed by atoms with E-state index in [0.717, 1.165) is 17.7 Å². The van der Waals surface area contributed by atoms with Crippen molar-refractivity contribution in [2.24, 2.45) is 0 Å². The van der Waals surface area contributed by atoms with Crippen molar-refractivity contribution in [1.29, 1.82) is 0 Å².